The van der Waals surface area contributed by atoms with Gasteiger partial charge in [-0.1, -0.05) is 37.6 Å². The third-order valence-corrected chi connectivity index (χ3v) is 7.44. The molecule has 1 saturated carbocycles. The van der Waals surface area contributed by atoms with Crippen LogP contribution in [0.1, 0.15) is 80.1 Å². The lowest BCUT2D eigenvalue weighted by Gasteiger charge is -2.29. The van der Waals surface area contributed by atoms with Gasteiger partial charge in [0.05, 0.1) is 18.3 Å². The molecule has 0 bridgehead atoms. The summed E-state index contributed by atoms with van der Waals surface area (Å²) in [6, 6.07) is 13.5. The average molecular weight is 567 g/mol. The number of halogens is 3. The second kappa shape index (κ2) is 14.9. The molecule has 0 N–H and O–H groups in total. The molecule has 0 spiro atoms. The monoisotopic (exact) mass is 566 g/mol. The number of hydrogen-bond donors (Lipinski definition) is 0. The van der Waals surface area contributed by atoms with Crippen molar-refractivity contribution in [2.24, 2.45) is 0 Å². The van der Waals surface area contributed by atoms with E-state index in [0.29, 0.717) is 36.3 Å². The normalized spacial score (nSPS) is 16.8. The maximum atomic E-state index is 15.0. The first-order valence-electron chi connectivity index (χ1n) is 14.4. The van der Waals surface area contributed by atoms with Crippen molar-refractivity contribution < 1.29 is 32.2 Å². The van der Waals surface area contributed by atoms with Gasteiger partial charge in [0.2, 0.25) is 0 Å². The van der Waals surface area contributed by atoms with Crippen LogP contribution in [-0.4, -0.2) is 25.3 Å². The van der Waals surface area contributed by atoms with E-state index in [4.69, 9.17) is 14.2 Å². The Kier molecular flexibility index (Phi) is 11.0. The maximum absolute atomic E-state index is 15.0. The first kappa shape index (κ1) is 30.4. The molecule has 3 aromatic rings. The molecule has 7 heteroatoms. The molecular formula is C34H37F3O4. The van der Waals surface area contributed by atoms with Crippen molar-refractivity contribution in [1.29, 1.82) is 0 Å². The van der Waals surface area contributed by atoms with Crippen molar-refractivity contribution in [2.75, 3.05) is 13.2 Å². The zero-order valence-corrected chi connectivity index (χ0v) is 23.5. The minimum Gasteiger partial charge on any atom is -0.493 e. The largest absolute Gasteiger partial charge is 0.493 e. The number of hydrogen-bond acceptors (Lipinski definition) is 4. The van der Waals surface area contributed by atoms with Crippen molar-refractivity contribution in [2.45, 2.75) is 70.3 Å². The Balaban J connectivity index is 1.36. The van der Waals surface area contributed by atoms with Gasteiger partial charge in [0.1, 0.15) is 17.3 Å². The Morgan fingerprint density at radius 1 is 0.902 bits per heavy atom. The Labute approximate surface area is 240 Å². The zero-order valence-electron chi connectivity index (χ0n) is 23.5. The van der Waals surface area contributed by atoms with Crippen LogP contribution in [0.15, 0.2) is 67.3 Å². The lowest BCUT2D eigenvalue weighted by Crippen LogP contribution is -2.22. The summed E-state index contributed by atoms with van der Waals surface area (Å²) in [4.78, 5) is 12.7. The summed E-state index contributed by atoms with van der Waals surface area (Å²) in [7, 11) is 0. The highest BCUT2D eigenvalue weighted by Crippen LogP contribution is 2.36. The number of ether oxygens (including phenoxy) is 3. The van der Waals surface area contributed by atoms with E-state index in [9.17, 15) is 13.6 Å². The van der Waals surface area contributed by atoms with Crippen LogP contribution in [0.25, 0.3) is 11.1 Å². The molecular weight excluding hydrogens is 529 g/mol. The van der Waals surface area contributed by atoms with E-state index in [1.165, 1.54) is 30.3 Å². The molecule has 3 aromatic carbocycles. The molecule has 1 fully saturated rings. The Morgan fingerprint density at radius 2 is 1.63 bits per heavy atom. The van der Waals surface area contributed by atoms with E-state index in [1.807, 2.05) is 0 Å². The standard InChI is InChI=1S/C34H37F3O4/c1-3-5-7-21-40-27-16-17-28(31(35)22-27)23-10-14-26(15-11-23)41-34(38)30-19-18-29(32(36)33(30)37)24-8-12-25(13-9-24)39-20-6-4-2/h3,10-11,14-19,22,24-25H,1,4-9,12-13,20-21H2,2H3. The second-order valence-electron chi connectivity index (χ2n) is 10.4. The van der Waals surface area contributed by atoms with Crippen LogP contribution in [-0.2, 0) is 4.74 Å². The first-order valence-corrected chi connectivity index (χ1v) is 14.4. The van der Waals surface area contributed by atoms with Crippen LogP contribution in [0.2, 0.25) is 0 Å². The van der Waals surface area contributed by atoms with E-state index in [1.54, 1.807) is 30.3 Å². The molecule has 0 unspecified atom stereocenters. The molecule has 0 heterocycles. The van der Waals surface area contributed by atoms with Gasteiger partial charge in [-0.2, -0.15) is 0 Å². The first-order chi connectivity index (χ1) is 19.9. The van der Waals surface area contributed by atoms with Gasteiger partial charge in [-0.25, -0.2) is 18.0 Å². The number of unbranched alkanes of at least 4 members (excludes halogenated alkanes) is 2. The van der Waals surface area contributed by atoms with E-state index in [0.717, 1.165) is 45.1 Å². The summed E-state index contributed by atoms with van der Waals surface area (Å²) in [5.41, 5.74) is 0.728. The summed E-state index contributed by atoms with van der Waals surface area (Å²) in [6.45, 7) is 6.96. The smallest absolute Gasteiger partial charge is 0.346 e. The van der Waals surface area contributed by atoms with Crippen molar-refractivity contribution in [3.8, 4) is 22.6 Å². The molecule has 0 amide bonds. The van der Waals surface area contributed by atoms with Gasteiger partial charge in [-0.15, -0.1) is 6.58 Å². The van der Waals surface area contributed by atoms with Crippen molar-refractivity contribution >= 4 is 5.97 Å². The Bertz CT molecular complexity index is 1310. The summed E-state index contributed by atoms with van der Waals surface area (Å²) in [6.07, 6.45) is 8.67. The number of allylic oxidation sites excluding steroid dienone is 1. The van der Waals surface area contributed by atoms with Gasteiger partial charge in [-0.3, -0.25) is 0 Å². The summed E-state index contributed by atoms with van der Waals surface area (Å²) < 4.78 is 61.5. The summed E-state index contributed by atoms with van der Waals surface area (Å²) >= 11 is 0. The molecule has 0 saturated heterocycles. The molecule has 4 rings (SSSR count). The van der Waals surface area contributed by atoms with Crippen LogP contribution < -0.4 is 9.47 Å². The third kappa shape index (κ3) is 8.00. The van der Waals surface area contributed by atoms with E-state index in [2.05, 4.69) is 13.5 Å². The summed E-state index contributed by atoms with van der Waals surface area (Å²) in [5.74, 6) is -3.22. The van der Waals surface area contributed by atoms with E-state index < -0.39 is 29.0 Å². The summed E-state index contributed by atoms with van der Waals surface area (Å²) in [5, 5.41) is 0. The minimum atomic E-state index is -1.21. The van der Waals surface area contributed by atoms with Crippen molar-refractivity contribution in [3.05, 3.63) is 95.8 Å². The van der Waals surface area contributed by atoms with Gasteiger partial charge in [0.25, 0.3) is 0 Å². The lowest BCUT2D eigenvalue weighted by atomic mass is 9.82. The van der Waals surface area contributed by atoms with Crippen molar-refractivity contribution in [1.82, 2.24) is 0 Å². The fraction of sp³-hybridized carbons (Fsp3) is 0.382. The quantitative estimate of drug-likeness (QED) is 0.0896. The molecule has 0 aliphatic heterocycles. The molecule has 0 radical (unpaired) electrons. The van der Waals surface area contributed by atoms with Gasteiger partial charge < -0.3 is 14.2 Å². The number of benzene rings is 3. The predicted molar refractivity (Wildman–Crippen MR) is 154 cm³/mol. The third-order valence-electron chi connectivity index (χ3n) is 7.44. The highest BCUT2D eigenvalue weighted by Gasteiger charge is 2.28. The SMILES string of the molecule is C=CCCCOc1ccc(-c2ccc(OC(=O)c3ccc(C4CCC(OCCCC)CC4)c(F)c3F)cc2)c(F)c1. The fourth-order valence-corrected chi connectivity index (χ4v) is 5.07. The topological polar surface area (TPSA) is 44.8 Å². The second-order valence-corrected chi connectivity index (χ2v) is 10.4. The van der Waals surface area contributed by atoms with Crippen LogP contribution in [0.4, 0.5) is 13.2 Å². The molecule has 1 aliphatic rings. The van der Waals surface area contributed by atoms with Crippen LogP contribution >= 0.6 is 0 Å². The average Bonchev–Trinajstić information content (AvgIpc) is 2.98. The fourth-order valence-electron chi connectivity index (χ4n) is 5.07. The molecule has 0 aromatic heterocycles. The minimum absolute atomic E-state index is 0.119. The number of carbonyl (C=O) groups excluding carboxylic acids is 1. The Hall–Kier alpha value is -3.58. The van der Waals surface area contributed by atoms with Crippen LogP contribution in [0, 0.1) is 17.5 Å². The molecule has 218 valence electrons. The molecule has 41 heavy (non-hydrogen) atoms. The lowest BCUT2D eigenvalue weighted by molar-refractivity contribution is 0.0230. The maximum Gasteiger partial charge on any atom is 0.346 e. The van der Waals surface area contributed by atoms with Gasteiger partial charge in [0, 0.05) is 18.2 Å². The van der Waals surface area contributed by atoms with E-state index >= 15 is 4.39 Å². The molecule has 0 atom stereocenters. The predicted octanol–water partition coefficient (Wildman–Crippen LogP) is 9.18. The van der Waals surface area contributed by atoms with Crippen LogP contribution in [0.3, 0.4) is 0 Å². The molecule has 1 aliphatic carbocycles. The number of carbonyl (C=O) groups is 1. The van der Waals surface area contributed by atoms with Crippen molar-refractivity contribution in [3.63, 3.8) is 0 Å². The van der Waals surface area contributed by atoms with Gasteiger partial charge in [0.15, 0.2) is 11.6 Å². The Morgan fingerprint density at radius 3 is 2.32 bits per heavy atom. The highest BCUT2D eigenvalue weighted by molar-refractivity contribution is 5.91. The van der Waals surface area contributed by atoms with E-state index in [-0.39, 0.29) is 23.3 Å². The number of rotatable bonds is 13. The molecule has 4 nitrogen and oxygen atoms in total. The van der Waals surface area contributed by atoms with Gasteiger partial charge >= 0.3 is 5.97 Å². The van der Waals surface area contributed by atoms with Gasteiger partial charge in [-0.05, 0) is 92.3 Å². The van der Waals surface area contributed by atoms with Crippen LogP contribution in [0.5, 0.6) is 11.5 Å². The highest BCUT2D eigenvalue weighted by atomic mass is 19.2. The number of esters is 1. The zero-order chi connectivity index (χ0) is 29.2.